The number of amides is 1. The van der Waals surface area contributed by atoms with Crippen molar-refractivity contribution in [2.24, 2.45) is 0 Å². The van der Waals surface area contributed by atoms with Crippen LogP contribution in [0, 0.1) is 5.82 Å². The van der Waals surface area contributed by atoms with Gasteiger partial charge in [0.25, 0.3) is 5.91 Å². The SMILES string of the molecule is O=C(Nc1ccc(F)c(S(=O)(=O)NC2CC2)c1)C1=CCCC1. The summed E-state index contributed by atoms with van der Waals surface area (Å²) in [6, 6.07) is 3.47. The van der Waals surface area contributed by atoms with Gasteiger partial charge in [0.05, 0.1) is 0 Å². The monoisotopic (exact) mass is 324 g/mol. The van der Waals surface area contributed by atoms with Crippen LogP contribution in [0.5, 0.6) is 0 Å². The average molecular weight is 324 g/mol. The summed E-state index contributed by atoms with van der Waals surface area (Å²) in [7, 11) is -3.90. The summed E-state index contributed by atoms with van der Waals surface area (Å²) in [5.41, 5.74) is 0.959. The number of sulfonamides is 1. The summed E-state index contributed by atoms with van der Waals surface area (Å²) >= 11 is 0. The highest BCUT2D eigenvalue weighted by atomic mass is 32.2. The maximum atomic E-state index is 13.8. The third-order valence-electron chi connectivity index (χ3n) is 3.71. The lowest BCUT2D eigenvalue weighted by atomic mass is 10.2. The van der Waals surface area contributed by atoms with Gasteiger partial charge in [0.15, 0.2) is 0 Å². The average Bonchev–Trinajstić information content (AvgIpc) is 3.09. The second kappa shape index (κ2) is 5.81. The van der Waals surface area contributed by atoms with E-state index in [9.17, 15) is 17.6 Å². The van der Waals surface area contributed by atoms with Crippen molar-refractivity contribution in [3.05, 3.63) is 35.7 Å². The molecule has 2 N–H and O–H groups in total. The Bertz CT molecular complexity index is 739. The molecule has 1 fully saturated rings. The molecule has 1 aromatic rings. The molecule has 3 rings (SSSR count). The zero-order chi connectivity index (χ0) is 15.7. The van der Waals surface area contributed by atoms with Gasteiger partial charge < -0.3 is 5.32 Å². The van der Waals surface area contributed by atoms with Gasteiger partial charge in [0.2, 0.25) is 10.0 Å². The van der Waals surface area contributed by atoms with Crippen LogP contribution in [0.4, 0.5) is 10.1 Å². The van der Waals surface area contributed by atoms with E-state index in [2.05, 4.69) is 10.0 Å². The fraction of sp³-hybridized carbons (Fsp3) is 0.400. The molecule has 118 valence electrons. The van der Waals surface area contributed by atoms with E-state index in [1.54, 1.807) is 0 Å². The summed E-state index contributed by atoms with van der Waals surface area (Å²) in [6.45, 7) is 0. The Kier molecular flexibility index (Phi) is 4.01. The maximum Gasteiger partial charge on any atom is 0.251 e. The van der Waals surface area contributed by atoms with Crippen LogP contribution in [0.2, 0.25) is 0 Å². The van der Waals surface area contributed by atoms with Gasteiger partial charge in [-0.3, -0.25) is 4.79 Å². The third kappa shape index (κ3) is 3.36. The fourth-order valence-electron chi connectivity index (χ4n) is 2.36. The van der Waals surface area contributed by atoms with Gasteiger partial charge in [-0.1, -0.05) is 6.08 Å². The van der Waals surface area contributed by atoms with Crippen LogP contribution in [0.1, 0.15) is 32.1 Å². The maximum absolute atomic E-state index is 13.8. The van der Waals surface area contributed by atoms with Crippen molar-refractivity contribution < 1.29 is 17.6 Å². The normalized spacial score (nSPS) is 18.1. The van der Waals surface area contributed by atoms with E-state index < -0.39 is 20.7 Å². The van der Waals surface area contributed by atoms with Gasteiger partial charge in [-0.2, -0.15) is 0 Å². The van der Waals surface area contributed by atoms with E-state index in [-0.39, 0.29) is 17.6 Å². The van der Waals surface area contributed by atoms with Crippen molar-refractivity contribution in [1.82, 2.24) is 4.72 Å². The number of hydrogen-bond donors (Lipinski definition) is 2. The molecule has 5 nitrogen and oxygen atoms in total. The Balaban J connectivity index is 1.81. The Morgan fingerprint density at radius 3 is 2.68 bits per heavy atom. The highest BCUT2D eigenvalue weighted by Gasteiger charge is 2.30. The van der Waals surface area contributed by atoms with Crippen LogP contribution in [-0.2, 0) is 14.8 Å². The van der Waals surface area contributed by atoms with Crippen molar-refractivity contribution in [3.63, 3.8) is 0 Å². The lowest BCUT2D eigenvalue weighted by molar-refractivity contribution is -0.112. The quantitative estimate of drug-likeness (QED) is 0.873. The molecule has 22 heavy (non-hydrogen) atoms. The van der Waals surface area contributed by atoms with Crippen LogP contribution in [0.15, 0.2) is 34.7 Å². The topological polar surface area (TPSA) is 75.3 Å². The molecule has 0 spiro atoms. The van der Waals surface area contributed by atoms with Crippen molar-refractivity contribution in [2.45, 2.75) is 43.0 Å². The smallest absolute Gasteiger partial charge is 0.251 e. The summed E-state index contributed by atoms with van der Waals surface area (Å²) in [6.07, 6.45) is 5.93. The fourth-order valence-corrected chi connectivity index (χ4v) is 3.77. The lowest BCUT2D eigenvalue weighted by Gasteiger charge is -2.10. The first kappa shape index (κ1) is 15.2. The van der Waals surface area contributed by atoms with Gasteiger partial charge in [0, 0.05) is 17.3 Å². The zero-order valence-corrected chi connectivity index (χ0v) is 12.7. The molecule has 1 amide bonds. The van der Waals surface area contributed by atoms with Gasteiger partial charge >= 0.3 is 0 Å². The van der Waals surface area contributed by atoms with Crippen LogP contribution >= 0.6 is 0 Å². The van der Waals surface area contributed by atoms with E-state index in [1.165, 1.54) is 6.07 Å². The standard InChI is InChI=1S/C15H17FN2O3S/c16-13-8-7-12(17-15(19)10-3-1-2-4-10)9-14(13)22(20,21)18-11-5-6-11/h3,7-9,11,18H,1-2,4-6H2,(H,17,19). The number of rotatable bonds is 5. The third-order valence-corrected chi connectivity index (χ3v) is 5.25. The molecule has 0 unspecified atom stereocenters. The van der Waals surface area contributed by atoms with Crippen molar-refractivity contribution >= 4 is 21.6 Å². The van der Waals surface area contributed by atoms with Gasteiger partial charge in [0.1, 0.15) is 10.7 Å². The second-order valence-corrected chi connectivity index (χ2v) is 7.30. The van der Waals surface area contributed by atoms with Crippen LogP contribution in [0.25, 0.3) is 0 Å². The summed E-state index contributed by atoms with van der Waals surface area (Å²) in [5.74, 6) is -1.09. The molecule has 1 aromatic carbocycles. The first-order valence-electron chi connectivity index (χ1n) is 7.28. The number of benzene rings is 1. The Labute approximate surface area is 128 Å². The van der Waals surface area contributed by atoms with E-state index >= 15 is 0 Å². The highest BCUT2D eigenvalue weighted by Crippen LogP contribution is 2.26. The largest absolute Gasteiger partial charge is 0.322 e. The Morgan fingerprint density at radius 2 is 2.05 bits per heavy atom. The van der Waals surface area contributed by atoms with E-state index in [1.807, 2.05) is 6.08 Å². The molecule has 2 aliphatic rings. The summed E-state index contributed by atoms with van der Waals surface area (Å²) in [5, 5.41) is 2.63. The Hall–Kier alpha value is -1.73. The Morgan fingerprint density at radius 1 is 1.27 bits per heavy atom. The minimum absolute atomic E-state index is 0.105. The minimum atomic E-state index is -3.90. The summed E-state index contributed by atoms with van der Waals surface area (Å²) < 4.78 is 40.5. The predicted octanol–water partition coefficient (Wildman–Crippen LogP) is 2.32. The van der Waals surface area contributed by atoms with Crippen LogP contribution < -0.4 is 10.0 Å². The zero-order valence-electron chi connectivity index (χ0n) is 11.9. The molecular weight excluding hydrogens is 307 g/mol. The first-order chi connectivity index (χ1) is 10.5. The number of allylic oxidation sites excluding steroid dienone is 1. The number of hydrogen-bond acceptors (Lipinski definition) is 3. The number of halogens is 1. The molecule has 0 saturated heterocycles. The molecular formula is C15H17FN2O3S. The minimum Gasteiger partial charge on any atom is -0.322 e. The predicted molar refractivity (Wildman–Crippen MR) is 80.3 cm³/mol. The van der Waals surface area contributed by atoms with Crippen LogP contribution in [-0.4, -0.2) is 20.4 Å². The van der Waals surface area contributed by atoms with Gasteiger partial charge in [-0.05, 0) is 50.3 Å². The summed E-state index contributed by atoms with van der Waals surface area (Å²) in [4.78, 5) is 11.6. The van der Waals surface area contributed by atoms with Crippen molar-refractivity contribution in [3.8, 4) is 0 Å². The second-order valence-electron chi connectivity index (χ2n) is 5.62. The number of carbonyl (C=O) groups is 1. The first-order valence-corrected chi connectivity index (χ1v) is 8.76. The molecule has 0 atom stereocenters. The molecule has 2 aliphatic carbocycles. The molecule has 0 aromatic heterocycles. The van der Waals surface area contributed by atoms with E-state index in [4.69, 9.17) is 0 Å². The molecule has 1 saturated carbocycles. The number of anilines is 1. The number of nitrogens with one attached hydrogen (secondary N) is 2. The van der Waals surface area contributed by atoms with Crippen molar-refractivity contribution in [1.29, 1.82) is 0 Å². The number of carbonyl (C=O) groups excluding carboxylic acids is 1. The molecule has 0 radical (unpaired) electrons. The highest BCUT2D eigenvalue weighted by molar-refractivity contribution is 7.89. The van der Waals surface area contributed by atoms with Gasteiger partial charge in [-0.15, -0.1) is 0 Å². The molecule has 0 aliphatic heterocycles. The molecule has 0 bridgehead atoms. The van der Waals surface area contributed by atoms with Gasteiger partial charge in [-0.25, -0.2) is 17.5 Å². The molecule has 0 heterocycles. The van der Waals surface area contributed by atoms with Crippen molar-refractivity contribution in [2.75, 3.05) is 5.32 Å². The van der Waals surface area contributed by atoms with E-state index in [0.717, 1.165) is 37.8 Å². The van der Waals surface area contributed by atoms with E-state index in [0.29, 0.717) is 12.0 Å². The lowest BCUT2D eigenvalue weighted by Crippen LogP contribution is -2.26. The molecule has 7 heteroatoms. The van der Waals surface area contributed by atoms with Crippen LogP contribution in [0.3, 0.4) is 0 Å².